The van der Waals surface area contributed by atoms with E-state index in [0.29, 0.717) is 25.0 Å². The predicted molar refractivity (Wildman–Crippen MR) is 77.9 cm³/mol. The number of pyridine rings is 1. The average Bonchev–Trinajstić information content (AvgIpc) is 2.47. The van der Waals surface area contributed by atoms with Crippen LogP contribution in [0.25, 0.3) is 10.8 Å². The van der Waals surface area contributed by atoms with Crippen molar-refractivity contribution in [3.63, 3.8) is 0 Å². The molecule has 0 unspecified atom stereocenters. The van der Waals surface area contributed by atoms with Gasteiger partial charge in [-0.15, -0.1) is 11.6 Å². The lowest BCUT2D eigenvalue weighted by molar-refractivity contribution is 0.0996. The normalized spacial score (nSPS) is 10.8. The zero-order valence-electron chi connectivity index (χ0n) is 11.1. The fourth-order valence-electron chi connectivity index (χ4n) is 1.89. The van der Waals surface area contributed by atoms with Crippen LogP contribution in [0.3, 0.4) is 0 Å². The SMILES string of the molecule is CCCOCCOc1ncc(CCl)c2ccccc12. The van der Waals surface area contributed by atoms with Gasteiger partial charge in [0.2, 0.25) is 5.88 Å². The highest BCUT2D eigenvalue weighted by molar-refractivity contribution is 6.18. The molecule has 0 atom stereocenters. The molecule has 19 heavy (non-hydrogen) atoms. The van der Waals surface area contributed by atoms with Crippen molar-refractivity contribution in [2.75, 3.05) is 19.8 Å². The lowest BCUT2D eigenvalue weighted by Crippen LogP contribution is -2.08. The van der Waals surface area contributed by atoms with Gasteiger partial charge in [0.1, 0.15) is 6.61 Å². The summed E-state index contributed by atoms with van der Waals surface area (Å²) in [7, 11) is 0. The number of alkyl halides is 1. The zero-order valence-corrected chi connectivity index (χ0v) is 11.8. The summed E-state index contributed by atoms with van der Waals surface area (Å²) in [6.45, 7) is 3.95. The highest BCUT2D eigenvalue weighted by Gasteiger charge is 2.07. The van der Waals surface area contributed by atoms with Crippen molar-refractivity contribution in [3.05, 3.63) is 36.0 Å². The Balaban J connectivity index is 2.11. The molecule has 2 rings (SSSR count). The first-order chi connectivity index (χ1) is 9.36. The van der Waals surface area contributed by atoms with Crippen molar-refractivity contribution in [3.8, 4) is 5.88 Å². The Labute approximate surface area is 118 Å². The van der Waals surface area contributed by atoms with Crippen LogP contribution >= 0.6 is 11.6 Å². The van der Waals surface area contributed by atoms with Gasteiger partial charge < -0.3 is 9.47 Å². The minimum Gasteiger partial charge on any atom is -0.475 e. The van der Waals surface area contributed by atoms with Gasteiger partial charge in [0.15, 0.2) is 0 Å². The van der Waals surface area contributed by atoms with Crippen LogP contribution in [-0.2, 0) is 10.6 Å². The number of fused-ring (bicyclic) bond motifs is 1. The number of nitrogens with zero attached hydrogens (tertiary/aromatic N) is 1. The van der Waals surface area contributed by atoms with Gasteiger partial charge in [0, 0.05) is 24.1 Å². The molecule has 1 heterocycles. The second kappa shape index (κ2) is 7.31. The maximum Gasteiger partial charge on any atom is 0.221 e. The molecule has 2 aromatic rings. The van der Waals surface area contributed by atoms with E-state index in [1.165, 1.54) is 0 Å². The van der Waals surface area contributed by atoms with E-state index in [0.717, 1.165) is 29.4 Å². The topological polar surface area (TPSA) is 31.4 Å². The van der Waals surface area contributed by atoms with Crippen molar-refractivity contribution < 1.29 is 9.47 Å². The van der Waals surface area contributed by atoms with E-state index in [-0.39, 0.29) is 0 Å². The molecule has 0 aliphatic heterocycles. The first kappa shape index (κ1) is 14.1. The van der Waals surface area contributed by atoms with Crippen LogP contribution in [0.1, 0.15) is 18.9 Å². The smallest absolute Gasteiger partial charge is 0.221 e. The van der Waals surface area contributed by atoms with Gasteiger partial charge in [0.25, 0.3) is 0 Å². The first-order valence-electron chi connectivity index (χ1n) is 6.50. The quantitative estimate of drug-likeness (QED) is 0.571. The molecule has 0 bridgehead atoms. The second-order valence-electron chi connectivity index (χ2n) is 4.23. The standard InChI is InChI=1S/C15H18ClNO2/c1-2-7-18-8-9-19-15-14-6-4-3-5-13(14)12(10-16)11-17-15/h3-6,11H,2,7-10H2,1H3. The molecule has 0 amide bonds. The van der Waals surface area contributed by atoms with E-state index >= 15 is 0 Å². The molecular formula is C15H18ClNO2. The molecule has 0 aliphatic rings. The van der Waals surface area contributed by atoms with E-state index in [1.807, 2.05) is 24.3 Å². The van der Waals surface area contributed by atoms with Crippen molar-refractivity contribution >= 4 is 22.4 Å². The van der Waals surface area contributed by atoms with E-state index in [2.05, 4.69) is 11.9 Å². The van der Waals surface area contributed by atoms with E-state index in [4.69, 9.17) is 21.1 Å². The van der Waals surface area contributed by atoms with E-state index < -0.39 is 0 Å². The third kappa shape index (κ3) is 3.58. The number of ether oxygens (including phenoxy) is 2. The Morgan fingerprint density at radius 1 is 1.11 bits per heavy atom. The number of aromatic nitrogens is 1. The van der Waals surface area contributed by atoms with Gasteiger partial charge in [-0.1, -0.05) is 25.1 Å². The lowest BCUT2D eigenvalue weighted by Gasteiger charge is -2.10. The molecule has 0 saturated heterocycles. The molecule has 0 fully saturated rings. The van der Waals surface area contributed by atoms with Crippen molar-refractivity contribution in [2.45, 2.75) is 19.2 Å². The summed E-state index contributed by atoms with van der Waals surface area (Å²) in [6.07, 6.45) is 2.79. The third-order valence-electron chi connectivity index (χ3n) is 2.80. The third-order valence-corrected chi connectivity index (χ3v) is 3.09. The van der Waals surface area contributed by atoms with Gasteiger partial charge in [-0.25, -0.2) is 4.98 Å². The molecule has 0 saturated carbocycles. The summed E-state index contributed by atoms with van der Waals surface area (Å²) in [5.41, 5.74) is 1.02. The Morgan fingerprint density at radius 2 is 1.89 bits per heavy atom. The molecule has 0 radical (unpaired) electrons. The van der Waals surface area contributed by atoms with E-state index in [1.54, 1.807) is 6.20 Å². The molecule has 0 aliphatic carbocycles. The van der Waals surface area contributed by atoms with Gasteiger partial charge in [-0.2, -0.15) is 0 Å². The largest absolute Gasteiger partial charge is 0.475 e. The molecular weight excluding hydrogens is 262 g/mol. The number of hydrogen-bond donors (Lipinski definition) is 0. The molecule has 0 spiro atoms. The number of rotatable bonds is 7. The summed E-state index contributed by atoms with van der Waals surface area (Å²) >= 11 is 5.92. The highest BCUT2D eigenvalue weighted by atomic mass is 35.5. The maximum absolute atomic E-state index is 5.92. The van der Waals surface area contributed by atoms with Crippen LogP contribution in [-0.4, -0.2) is 24.8 Å². The molecule has 4 heteroatoms. The van der Waals surface area contributed by atoms with Crippen LogP contribution in [0.5, 0.6) is 5.88 Å². The van der Waals surface area contributed by atoms with Gasteiger partial charge in [0.05, 0.1) is 6.61 Å². The first-order valence-corrected chi connectivity index (χ1v) is 7.03. The van der Waals surface area contributed by atoms with Crippen LogP contribution in [0.4, 0.5) is 0 Å². The minimum atomic E-state index is 0.452. The predicted octanol–water partition coefficient (Wildman–Crippen LogP) is 3.78. The monoisotopic (exact) mass is 279 g/mol. The van der Waals surface area contributed by atoms with Gasteiger partial charge in [-0.3, -0.25) is 0 Å². The van der Waals surface area contributed by atoms with Gasteiger partial charge in [-0.05, 0) is 23.4 Å². The Bertz CT molecular complexity index is 531. The molecule has 0 N–H and O–H groups in total. The second-order valence-corrected chi connectivity index (χ2v) is 4.50. The number of halogens is 1. The summed E-state index contributed by atoms with van der Waals surface area (Å²) < 4.78 is 11.1. The highest BCUT2D eigenvalue weighted by Crippen LogP contribution is 2.26. The summed E-state index contributed by atoms with van der Waals surface area (Å²) in [6, 6.07) is 8.00. The number of benzene rings is 1. The van der Waals surface area contributed by atoms with Crippen LogP contribution < -0.4 is 4.74 Å². The fourth-order valence-corrected chi connectivity index (χ4v) is 2.10. The Hall–Kier alpha value is -1.32. The van der Waals surface area contributed by atoms with Gasteiger partial charge >= 0.3 is 0 Å². The van der Waals surface area contributed by atoms with Crippen molar-refractivity contribution in [1.82, 2.24) is 4.98 Å². The van der Waals surface area contributed by atoms with Crippen LogP contribution in [0, 0.1) is 0 Å². The number of hydrogen-bond acceptors (Lipinski definition) is 3. The molecule has 1 aromatic heterocycles. The van der Waals surface area contributed by atoms with E-state index in [9.17, 15) is 0 Å². The minimum absolute atomic E-state index is 0.452. The van der Waals surface area contributed by atoms with Crippen molar-refractivity contribution in [1.29, 1.82) is 0 Å². The Kier molecular flexibility index (Phi) is 5.43. The van der Waals surface area contributed by atoms with Crippen LogP contribution in [0.2, 0.25) is 0 Å². The summed E-state index contributed by atoms with van der Waals surface area (Å²) in [5, 5.41) is 2.09. The summed E-state index contributed by atoms with van der Waals surface area (Å²) in [4.78, 5) is 4.33. The average molecular weight is 280 g/mol. The molecule has 1 aromatic carbocycles. The van der Waals surface area contributed by atoms with Crippen molar-refractivity contribution in [2.24, 2.45) is 0 Å². The molecule has 102 valence electrons. The summed E-state index contributed by atoms with van der Waals surface area (Å²) in [5.74, 6) is 1.09. The molecule has 3 nitrogen and oxygen atoms in total. The Morgan fingerprint density at radius 3 is 2.63 bits per heavy atom. The zero-order chi connectivity index (χ0) is 13.5. The fraction of sp³-hybridized carbons (Fsp3) is 0.400. The van der Waals surface area contributed by atoms with Crippen LogP contribution in [0.15, 0.2) is 30.5 Å². The maximum atomic E-state index is 5.92. The lowest BCUT2D eigenvalue weighted by atomic mass is 10.1.